The minimum Gasteiger partial charge on any atom is -0.481 e. The van der Waals surface area contributed by atoms with Crippen LogP contribution >= 0.6 is 11.8 Å². The van der Waals surface area contributed by atoms with E-state index in [0.717, 1.165) is 12.0 Å². The van der Waals surface area contributed by atoms with Gasteiger partial charge in [0.25, 0.3) is 0 Å². The van der Waals surface area contributed by atoms with E-state index in [0.29, 0.717) is 5.25 Å². The fourth-order valence-electron chi connectivity index (χ4n) is 1.45. The Morgan fingerprint density at radius 1 is 1.38 bits per heavy atom. The monoisotopic (exact) mass is 238 g/mol. The molecule has 0 aliphatic heterocycles. The van der Waals surface area contributed by atoms with E-state index in [1.54, 1.807) is 11.8 Å². The summed E-state index contributed by atoms with van der Waals surface area (Å²) in [7, 11) is 0. The van der Waals surface area contributed by atoms with Crippen LogP contribution in [0.1, 0.15) is 37.5 Å². The van der Waals surface area contributed by atoms with E-state index in [4.69, 9.17) is 5.11 Å². The van der Waals surface area contributed by atoms with Crippen molar-refractivity contribution in [2.24, 2.45) is 0 Å². The van der Waals surface area contributed by atoms with Gasteiger partial charge in [0, 0.05) is 10.5 Å². The summed E-state index contributed by atoms with van der Waals surface area (Å²) in [5.74, 6) is -0.732. The van der Waals surface area contributed by atoms with Gasteiger partial charge in [-0.2, -0.15) is 11.8 Å². The molecule has 0 fully saturated rings. The molecular formula is C13H18O2S. The number of carboxylic acid groups (broad SMARTS) is 1. The van der Waals surface area contributed by atoms with Gasteiger partial charge >= 0.3 is 5.97 Å². The Balaban J connectivity index is 2.75. The highest BCUT2D eigenvalue weighted by Gasteiger charge is 2.18. The Hall–Kier alpha value is -0.960. The highest BCUT2D eigenvalue weighted by atomic mass is 32.2. The Bertz CT molecular complexity index is 324. The molecule has 2 atom stereocenters. The molecular weight excluding hydrogens is 220 g/mol. The third kappa shape index (κ3) is 4.27. The van der Waals surface area contributed by atoms with Crippen molar-refractivity contribution >= 4 is 17.7 Å². The Kier molecular flexibility index (Phi) is 5.39. The van der Waals surface area contributed by atoms with Crippen molar-refractivity contribution in [1.82, 2.24) is 0 Å². The van der Waals surface area contributed by atoms with Gasteiger partial charge in [-0.1, -0.05) is 44.2 Å². The molecule has 1 aromatic carbocycles. The minimum atomic E-state index is -0.732. The van der Waals surface area contributed by atoms with Crippen LogP contribution in [0.3, 0.4) is 0 Å². The summed E-state index contributed by atoms with van der Waals surface area (Å²) in [4.78, 5) is 10.8. The van der Waals surface area contributed by atoms with Crippen LogP contribution in [0.2, 0.25) is 0 Å². The first-order valence-corrected chi connectivity index (χ1v) is 6.50. The average Bonchev–Trinajstić information content (AvgIpc) is 2.28. The number of thioether (sulfide) groups is 1. The lowest BCUT2D eigenvalue weighted by Gasteiger charge is -2.18. The summed E-state index contributed by atoms with van der Waals surface area (Å²) in [6.45, 7) is 4.27. The number of hydrogen-bond donors (Lipinski definition) is 1. The Morgan fingerprint density at radius 2 is 2.00 bits per heavy atom. The van der Waals surface area contributed by atoms with Crippen molar-refractivity contribution in [3.63, 3.8) is 0 Å². The van der Waals surface area contributed by atoms with Crippen LogP contribution in [0.5, 0.6) is 0 Å². The maximum atomic E-state index is 10.8. The van der Waals surface area contributed by atoms with Crippen LogP contribution < -0.4 is 0 Å². The number of carboxylic acids is 1. The van der Waals surface area contributed by atoms with Crippen LogP contribution in [-0.2, 0) is 4.79 Å². The molecule has 0 saturated carbocycles. The van der Waals surface area contributed by atoms with E-state index in [2.05, 4.69) is 13.8 Å². The molecule has 0 aliphatic carbocycles. The molecule has 0 heterocycles. The second kappa shape index (κ2) is 6.59. The normalized spacial score (nSPS) is 14.4. The van der Waals surface area contributed by atoms with E-state index in [-0.39, 0.29) is 11.7 Å². The predicted octanol–water partition coefficient (Wildman–Crippen LogP) is 3.73. The SMILES string of the molecule is CCC(C)SC(CC(=O)O)c1ccccc1. The quantitative estimate of drug-likeness (QED) is 0.820. The highest BCUT2D eigenvalue weighted by molar-refractivity contribution is 8.00. The summed E-state index contributed by atoms with van der Waals surface area (Å²) >= 11 is 1.75. The molecule has 3 heteroatoms. The van der Waals surface area contributed by atoms with Crippen LogP contribution in [-0.4, -0.2) is 16.3 Å². The lowest BCUT2D eigenvalue weighted by Crippen LogP contribution is -2.07. The zero-order chi connectivity index (χ0) is 12.0. The van der Waals surface area contributed by atoms with Gasteiger partial charge < -0.3 is 5.11 Å². The molecule has 0 amide bonds. The zero-order valence-corrected chi connectivity index (χ0v) is 10.5. The van der Waals surface area contributed by atoms with Gasteiger partial charge in [-0.25, -0.2) is 0 Å². The van der Waals surface area contributed by atoms with Gasteiger partial charge in [-0.3, -0.25) is 4.79 Å². The predicted molar refractivity (Wildman–Crippen MR) is 68.8 cm³/mol. The molecule has 0 radical (unpaired) electrons. The van der Waals surface area contributed by atoms with Gasteiger partial charge in [0.05, 0.1) is 6.42 Å². The van der Waals surface area contributed by atoms with Crippen molar-refractivity contribution in [1.29, 1.82) is 0 Å². The number of aliphatic carboxylic acids is 1. The van der Waals surface area contributed by atoms with Crippen LogP contribution in [0.4, 0.5) is 0 Å². The van der Waals surface area contributed by atoms with E-state index >= 15 is 0 Å². The second-order valence-electron chi connectivity index (χ2n) is 3.85. The lowest BCUT2D eigenvalue weighted by atomic mass is 10.1. The molecule has 0 saturated heterocycles. The summed E-state index contributed by atoms with van der Waals surface area (Å²) in [5.41, 5.74) is 1.11. The average molecular weight is 238 g/mol. The van der Waals surface area contributed by atoms with Gasteiger partial charge in [-0.05, 0) is 12.0 Å². The van der Waals surface area contributed by atoms with Gasteiger partial charge in [0.1, 0.15) is 0 Å². The fraction of sp³-hybridized carbons (Fsp3) is 0.462. The molecule has 2 nitrogen and oxygen atoms in total. The summed E-state index contributed by atoms with van der Waals surface area (Å²) in [6.07, 6.45) is 1.26. The van der Waals surface area contributed by atoms with Crippen molar-refractivity contribution in [3.8, 4) is 0 Å². The fourth-order valence-corrected chi connectivity index (χ4v) is 2.75. The maximum absolute atomic E-state index is 10.8. The van der Waals surface area contributed by atoms with E-state index in [1.165, 1.54) is 0 Å². The van der Waals surface area contributed by atoms with Crippen LogP contribution in [0.25, 0.3) is 0 Å². The molecule has 0 spiro atoms. The first-order chi connectivity index (χ1) is 7.63. The number of rotatable bonds is 6. The standard InChI is InChI=1S/C13H18O2S/c1-3-10(2)16-12(9-13(14)15)11-7-5-4-6-8-11/h4-8,10,12H,3,9H2,1-2H3,(H,14,15). The van der Waals surface area contributed by atoms with Crippen molar-refractivity contribution in [3.05, 3.63) is 35.9 Å². The molecule has 88 valence electrons. The first-order valence-electron chi connectivity index (χ1n) is 5.55. The third-order valence-electron chi connectivity index (χ3n) is 2.50. The van der Waals surface area contributed by atoms with Crippen LogP contribution in [0.15, 0.2) is 30.3 Å². The number of benzene rings is 1. The molecule has 2 unspecified atom stereocenters. The third-order valence-corrected chi connectivity index (χ3v) is 4.07. The molecule has 1 N–H and O–H groups in total. The Morgan fingerprint density at radius 3 is 2.50 bits per heavy atom. The molecule has 0 bridgehead atoms. The van der Waals surface area contributed by atoms with Gasteiger partial charge in [-0.15, -0.1) is 0 Å². The molecule has 1 rings (SSSR count). The summed E-state index contributed by atoms with van der Waals surface area (Å²) < 4.78 is 0. The van der Waals surface area contributed by atoms with Gasteiger partial charge in [0.2, 0.25) is 0 Å². The smallest absolute Gasteiger partial charge is 0.304 e. The summed E-state index contributed by atoms with van der Waals surface area (Å²) in [5, 5.41) is 9.47. The molecule has 0 aliphatic rings. The second-order valence-corrected chi connectivity index (χ2v) is 5.50. The van der Waals surface area contributed by atoms with E-state index < -0.39 is 5.97 Å². The van der Waals surface area contributed by atoms with E-state index in [1.807, 2.05) is 30.3 Å². The topological polar surface area (TPSA) is 37.3 Å². The number of carbonyl (C=O) groups is 1. The largest absolute Gasteiger partial charge is 0.481 e. The molecule has 16 heavy (non-hydrogen) atoms. The highest BCUT2D eigenvalue weighted by Crippen LogP contribution is 2.35. The number of hydrogen-bond acceptors (Lipinski definition) is 2. The van der Waals surface area contributed by atoms with Crippen molar-refractivity contribution in [2.75, 3.05) is 0 Å². The first kappa shape index (κ1) is 13.1. The van der Waals surface area contributed by atoms with Gasteiger partial charge in [0.15, 0.2) is 0 Å². The summed E-state index contributed by atoms with van der Waals surface area (Å²) in [6, 6.07) is 9.88. The zero-order valence-electron chi connectivity index (χ0n) is 9.72. The molecule has 0 aromatic heterocycles. The van der Waals surface area contributed by atoms with Crippen LogP contribution in [0, 0.1) is 0 Å². The lowest BCUT2D eigenvalue weighted by molar-refractivity contribution is -0.137. The van der Waals surface area contributed by atoms with Crippen molar-refractivity contribution in [2.45, 2.75) is 37.2 Å². The maximum Gasteiger partial charge on any atom is 0.304 e. The minimum absolute atomic E-state index is 0.0636. The Labute approximate surface area is 101 Å². The molecule has 1 aromatic rings. The van der Waals surface area contributed by atoms with Crippen molar-refractivity contribution < 1.29 is 9.90 Å². The van der Waals surface area contributed by atoms with E-state index in [9.17, 15) is 4.79 Å².